The molecule has 2 aromatic carbocycles. The maximum Gasteiger partial charge on any atom is 0.309 e. The van der Waals surface area contributed by atoms with Gasteiger partial charge in [0.05, 0.1) is 18.4 Å². The summed E-state index contributed by atoms with van der Waals surface area (Å²) in [6.45, 7) is 1.79. The zero-order valence-electron chi connectivity index (χ0n) is 20.1. The number of aromatic nitrogens is 1. The van der Waals surface area contributed by atoms with Crippen LogP contribution in [-0.2, 0) is 23.0 Å². The number of rotatable bonds is 11. The summed E-state index contributed by atoms with van der Waals surface area (Å²) in [6, 6.07) is 8.77. The molecular formula is C25H26F2N4O5S. The van der Waals surface area contributed by atoms with Crippen LogP contribution < -0.4 is 15.4 Å². The lowest BCUT2D eigenvalue weighted by Crippen LogP contribution is -2.48. The standard InChI is InChI=1S/C25H26F2N4O5S/c1-4-16-6-5-7-17(8-16)13-28-14-22(32)21(11-18-9-19(26)12-20(27)10-18)29-24(33)23-15(2)36-25(30-23)31-37(3,34)35/h1,5-10,12,21-22,28,32H,11,13-14H2,2-3H3,(H,29,33)(H,30,31)/t21-,22-/m0/s1. The summed E-state index contributed by atoms with van der Waals surface area (Å²) < 4.78 is 57.6. The molecule has 1 heterocycles. The van der Waals surface area contributed by atoms with Crippen molar-refractivity contribution in [1.29, 1.82) is 0 Å². The van der Waals surface area contributed by atoms with Gasteiger partial charge in [0.2, 0.25) is 10.0 Å². The summed E-state index contributed by atoms with van der Waals surface area (Å²) in [7, 11) is -3.70. The molecule has 0 aliphatic rings. The highest BCUT2D eigenvalue weighted by Gasteiger charge is 2.26. The monoisotopic (exact) mass is 532 g/mol. The van der Waals surface area contributed by atoms with E-state index in [0.717, 1.165) is 24.0 Å². The minimum Gasteiger partial charge on any atom is -0.428 e. The topological polar surface area (TPSA) is 134 Å². The molecule has 0 unspecified atom stereocenters. The van der Waals surface area contributed by atoms with Crippen LogP contribution in [0.1, 0.15) is 32.9 Å². The number of aliphatic hydroxyl groups excluding tert-OH is 1. The third kappa shape index (κ3) is 8.38. The number of sulfonamides is 1. The minimum absolute atomic E-state index is 0.0156. The number of carbonyl (C=O) groups excluding carboxylic acids is 1. The normalized spacial score (nSPS) is 13.0. The Hall–Kier alpha value is -3.79. The molecule has 12 heteroatoms. The number of hydrogen-bond acceptors (Lipinski definition) is 7. The molecule has 3 aromatic rings. The lowest BCUT2D eigenvalue weighted by molar-refractivity contribution is 0.0824. The van der Waals surface area contributed by atoms with E-state index < -0.39 is 45.7 Å². The van der Waals surface area contributed by atoms with Crippen LogP contribution in [0.3, 0.4) is 0 Å². The molecule has 0 saturated heterocycles. The molecule has 0 bridgehead atoms. The van der Waals surface area contributed by atoms with Crippen LogP contribution in [-0.4, -0.2) is 49.4 Å². The minimum atomic E-state index is -3.70. The maximum absolute atomic E-state index is 13.8. The summed E-state index contributed by atoms with van der Waals surface area (Å²) in [5, 5.41) is 16.5. The molecule has 4 N–H and O–H groups in total. The number of anilines is 1. The average molecular weight is 533 g/mol. The van der Waals surface area contributed by atoms with Gasteiger partial charge in [0.15, 0.2) is 5.69 Å². The van der Waals surface area contributed by atoms with Gasteiger partial charge in [-0.15, -0.1) is 6.42 Å². The highest BCUT2D eigenvalue weighted by Crippen LogP contribution is 2.17. The van der Waals surface area contributed by atoms with Crippen molar-refractivity contribution in [3.05, 3.63) is 82.2 Å². The summed E-state index contributed by atoms with van der Waals surface area (Å²) >= 11 is 0. The average Bonchev–Trinajstić information content (AvgIpc) is 3.16. The van der Waals surface area contributed by atoms with Crippen LogP contribution in [0.2, 0.25) is 0 Å². The number of carbonyl (C=O) groups is 1. The number of benzene rings is 2. The molecule has 3 rings (SSSR count). The highest BCUT2D eigenvalue weighted by atomic mass is 32.2. The van der Waals surface area contributed by atoms with Gasteiger partial charge in [-0.05, 0) is 48.7 Å². The number of nitrogens with one attached hydrogen (secondary N) is 3. The number of hydrogen-bond donors (Lipinski definition) is 4. The summed E-state index contributed by atoms with van der Waals surface area (Å²) in [5.74, 6) is 0.193. The Balaban J connectivity index is 1.76. The SMILES string of the molecule is C#Cc1cccc(CNC[C@H](O)[C@H](Cc2cc(F)cc(F)c2)NC(=O)c2nc(NS(C)(=O)=O)oc2C)c1. The Bertz CT molecular complexity index is 1400. The van der Waals surface area contributed by atoms with E-state index in [1.54, 1.807) is 12.1 Å². The first-order valence-electron chi connectivity index (χ1n) is 11.1. The second kappa shape index (κ2) is 12.0. The number of aliphatic hydroxyl groups is 1. The third-order valence-corrected chi connectivity index (χ3v) is 5.76. The largest absolute Gasteiger partial charge is 0.428 e. The van der Waals surface area contributed by atoms with Crippen LogP contribution in [0, 0.1) is 30.9 Å². The van der Waals surface area contributed by atoms with E-state index in [4.69, 9.17) is 10.8 Å². The van der Waals surface area contributed by atoms with Crippen molar-refractivity contribution in [1.82, 2.24) is 15.6 Å². The number of terminal acetylenes is 1. The second-order valence-corrected chi connectivity index (χ2v) is 10.2. The Morgan fingerprint density at radius 2 is 1.89 bits per heavy atom. The van der Waals surface area contributed by atoms with Gasteiger partial charge in [0.25, 0.3) is 5.91 Å². The zero-order valence-corrected chi connectivity index (χ0v) is 20.9. The maximum atomic E-state index is 13.8. The van der Waals surface area contributed by atoms with Crippen LogP contribution in [0.4, 0.5) is 14.8 Å². The fourth-order valence-electron chi connectivity index (χ4n) is 3.59. The van der Waals surface area contributed by atoms with E-state index in [-0.39, 0.29) is 30.0 Å². The Labute approximate surface area is 213 Å². The van der Waals surface area contributed by atoms with E-state index in [9.17, 15) is 27.1 Å². The smallest absolute Gasteiger partial charge is 0.309 e. The molecule has 0 saturated carbocycles. The highest BCUT2D eigenvalue weighted by molar-refractivity contribution is 7.91. The summed E-state index contributed by atoms with van der Waals surface area (Å²) in [5.41, 5.74) is 1.57. The predicted molar refractivity (Wildman–Crippen MR) is 133 cm³/mol. The third-order valence-electron chi connectivity index (χ3n) is 5.22. The van der Waals surface area contributed by atoms with E-state index in [2.05, 4.69) is 21.5 Å². The first kappa shape index (κ1) is 27.8. The predicted octanol–water partition coefficient (Wildman–Crippen LogP) is 2.11. The Morgan fingerprint density at radius 1 is 1.19 bits per heavy atom. The first-order valence-corrected chi connectivity index (χ1v) is 13.0. The van der Waals surface area contributed by atoms with Crippen molar-refractivity contribution in [3.8, 4) is 12.3 Å². The van der Waals surface area contributed by atoms with Gasteiger partial charge in [-0.2, -0.15) is 4.98 Å². The lowest BCUT2D eigenvalue weighted by atomic mass is 10.00. The summed E-state index contributed by atoms with van der Waals surface area (Å²) in [4.78, 5) is 16.8. The van der Waals surface area contributed by atoms with Crippen molar-refractivity contribution in [2.75, 3.05) is 17.5 Å². The number of oxazole rings is 1. The van der Waals surface area contributed by atoms with Gasteiger partial charge in [-0.3, -0.25) is 4.79 Å². The molecular weight excluding hydrogens is 506 g/mol. The van der Waals surface area contributed by atoms with Gasteiger partial charge >= 0.3 is 6.01 Å². The molecule has 0 radical (unpaired) electrons. The molecule has 0 spiro atoms. The zero-order chi connectivity index (χ0) is 27.2. The Morgan fingerprint density at radius 3 is 2.54 bits per heavy atom. The van der Waals surface area contributed by atoms with Gasteiger partial charge in [-0.25, -0.2) is 21.9 Å². The number of nitrogens with zero attached hydrogens (tertiary/aromatic N) is 1. The molecule has 1 amide bonds. The molecule has 196 valence electrons. The van der Waals surface area contributed by atoms with Crippen molar-refractivity contribution < 1.29 is 31.5 Å². The summed E-state index contributed by atoms with van der Waals surface area (Å²) in [6.07, 6.45) is 5.01. The van der Waals surface area contributed by atoms with E-state index in [1.807, 2.05) is 16.9 Å². The van der Waals surface area contributed by atoms with E-state index >= 15 is 0 Å². The molecule has 0 aliphatic heterocycles. The van der Waals surface area contributed by atoms with Crippen molar-refractivity contribution >= 4 is 21.9 Å². The van der Waals surface area contributed by atoms with Crippen LogP contribution in [0.15, 0.2) is 46.9 Å². The first-order chi connectivity index (χ1) is 17.4. The number of aryl methyl sites for hydroxylation is 1. The Kier molecular flexibility index (Phi) is 8.99. The number of amides is 1. The molecule has 0 aliphatic carbocycles. The molecule has 2 atom stereocenters. The van der Waals surface area contributed by atoms with Crippen LogP contribution in [0.25, 0.3) is 0 Å². The molecule has 9 nitrogen and oxygen atoms in total. The van der Waals surface area contributed by atoms with Crippen LogP contribution >= 0.6 is 0 Å². The van der Waals surface area contributed by atoms with E-state index in [1.165, 1.54) is 6.92 Å². The van der Waals surface area contributed by atoms with Crippen LogP contribution in [0.5, 0.6) is 0 Å². The fraction of sp³-hybridized carbons (Fsp3) is 0.280. The van der Waals surface area contributed by atoms with Gasteiger partial charge in [0, 0.05) is 24.7 Å². The van der Waals surface area contributed by atoms with Gasteiger partial charge in [-0.1, -0.05) is 18.1 Å². The lowest BCUT2D eigenvalue weighted by Gasteiger charge is -2.24. The number of halogens is 2. The van der Waals surface area contributed by atoms with Crippen molar-refractivity contribution in [2.45, 2.75) is 32.0 Å². The molecule has 0 fully saturated rings. The molecule has 37 heavy (non-hydrogen) atoms. The van der Waals surface area contributed by atoms with Gasteiger partial charge in [0.1, 0.15) is 17.4 Å². The second-order valence-electron chi connectivity index (χ2n) is 8.40. The van der Waals surface area contributed by atoms with E-state index in [0.29, 0.717) is 18.2 Å². The van der Waals surface area contributed by atoms with Crippen molar-refractivity contribution in [3.63, 3.8) is 0 Å². The van der Waals surface area contributed by atoms with Gasteiger partial charge < -0.3 is 20.2 Å². The quantitative estimate of drug-likeness (QED) is 0.278. The molecule has 1 aromatic heterocycles. The fourth-order valence-corrected chi connectivity index (χ4v) is 3.99. The van der Waals surface area contributed by atoms with Crippen molar-refractivity contribution in [2.24, 2.45) is 0 Å².